The third kappa shape index (κ3) is 4.81. The van der Waals surface area contributed by atoms with Crippen molar-refractivity contribution in [1.29, 1.82) is 0 Å². The van der Waals surface area contributed by atoms with Crippen molar-refractivity contribution in [2.45, 2.75) is 24.3 Å². The maximum atomic E-state index is 12.5. The van der Waals surface area contributed by atoms with Gasteiger partial charge in [-0.2, -0.15) is 4.72 Å². The number of nitrogens with one attached hydrogen (secondary N) is 1. The van der Waals surface area contributed by atoms with Crippen LogP contribution in [0, 0.1) is 0 Å². The second-order valence-corrected chi connectivity index (χ2v) is 6.90. The predicted octanol–water partition coefficient (Wildman–Crippen LogP) is 1.72. The number of carbonyl (C=O) groups excluding carboxylic acids is 1. The lowest BCUT2D eigenvalue weighted by atomic mass is 10.1. The molecule has 2 aromatic rings. The molecule has 0 saturated carbocycles. The van der Waals surface area contributed by atoms with E-state index in [0.717, 1.165) is 5.56 Å². The van der Waals surface area contributed by atoms with Crippen LogP contribution in [0.2, 0.25) is 0 Å². The maximum absolute atomic E-state index is 12.5. The number of nitrogen functional groups attached to an aromatic ring is 1. The van der Waals surface area contributed by atoms with Crippen molar-refractivity contribution in [3.63, 3.8) is 0 Å². The van der Waals surface area contributed by atoms with Crippen molar-refractivity contribution in [3.05, 3.63) is 60.2 Å². The number of carbonyl (C=O) groups is 1. The van der Waals surface area contributed by atoms with Gasteiger partial charge in [-0.3, -0.25) is 4.79 Å². The fourth-order valence-corrected chi connectivity index (χ4v) is 3.37. The first-order chi connectivity index (χ1) is 11.4. The second kappa shape index (κ2) is 7.94. The van der Waals surface area contributed by atoms with E-state index in [-0.39, 0.29) is 17.9 Å². The van der Waals surface area contributed by atoms with Gasteiger partial charge < -0.3 is 10.5 Å². The monoisotopic (exact) mass is 348 g/mol. The van der Waals surface area contributed by atoms with E-state index < -0.39 is 22.0 Å². The van der Waals surface area contributed by atoms with Gasteiger partial charge in [-0.15, -0.1) is 0 Å². The molecule has 0 amide bonds. The van der Waals surface area contributed by atoms with Crippen molar-refractivity contribution in [3.8, 4) is 0 Å². The molecule has 0 aliphatic rings. The molecule has 0 aromatic heterocycles. The Bertz CT molecular complexity index is 774. The second-order valence-electron chi connectivity index (χ2n) is 5.18. The molecule has 0 radical (unpaired) electrons. The average molecular weight is 348 g/mol. The summed E-state index contributed by atoms with van der Waals surface area (Å²) in [4.78, 5) is 12.2. The standard InChI is InChI=1S/C17H20N2O4S/c1-2-23-17(20)16(12-13-8-10-14(18)11-9-13)19-24(21,22)15-6-4-3-5-7-15/h3-11,16,19H,2,12,18H2,1H3. The van der Waals surface area contributed by atoms with Crippen LogP contribution in [0.4, 0.5) is 5.69 Å². The number of anilines is 1. The molecule has 6 nitrogen and oxygen atoms in total. The van der Waals surface area contributed by atoms with Crippen LogP contribution in [0.25, 0.3) is 0 Å². The third-order valence-electron chi connectivity index (χ3n) is 3.34. The van der Waals surface area contributed by atoms with E-state index in [9.17, 15) is 13.2 Å². The van der Waals surface area contributed by atoms with Gasteiger partial charge >= 0.3 is 5.97 Å². The van der Waals surface area contributed by atoms with Gasteiger partial charge in [0.1, 0.15) is 6.04 Å². The van der Waals surface area contributed by atoms with Crippen molar-refractivity contribution in [1.82, 2.24) is 4.72 Å². The van der Waals surface area contributed by atoms with Crippen molar-refractivity contribution in [2.24, 2.45) is 0 Å². The number of ether oxygens (including phenoxy) is 1. The average Bonchev–Trinajstić information content (AvgIpc) is 2.57. The molecule has 7 heteroatoms. The fraction of sp³-hybridized carbons (Fsp3) is 0.235. The molecule has 0 spiro atoms. The molecular weight excluding hydrogens is 328 g/mol. The quantitative estimate of drug-likeness (QED) is 0.586. The SMILES string of the molecule is CCOC(=O)C(Cc1ccc(N)cc1)NS(=O)(=O)c1ccccc1. The van der Waals surface area contributed by atoms with E-state index in [0.29, 0.717) is 5.69 Å². The molecule has 0 aliphatic heterocycles. The predicted molar refractivity (Wildman–Crippen MR) is 91.7 cm³/mol. The van der Waals surface area contributed by atoms with Crippen molar-refractivity contribution >= 4 is 21.7 Å². The van der Waals surface area contributed by atoms with Gasteiger partial charge in [0.05, 0.1) is 11.5 Å². The van der Waals surface area contributed by atoms with Gasteiger partial charge in [-0.25, -0.2) is 8.42 Å². The summed E-state index contributed by atoms with van der Waals surface area (Å²) in [7, 11) is -3.83. The van der Waals surface area contributed by atoms with Crippen LogP contribution in [-0.2, 0) is 26.0 Å². The van der Waals surface area contributed by atoms with Gasteiger partial charge in [0.2, 0.25) is 10.0 Å². The molecule has 1 unspecified atom stereocenters. The Morgan fingerprint density at radius 2 is 1.75 bits per heavy atom. The summed E-state index contributed by atoms with van der Waals surface area (Å²) in [5.41, 5.74) is 7.01. The normalized spacial score (nSPS) is 12.5. The minimum Gasteiger partial charge on any atom is -0.465 e. The van der Waals surface area contributed by atoms with Crippen LogP contribution in [0.3, 0.4) is 0 Å². The van der Waals surface area contributed by atoms with Gasteiger partial charge in [0.15, 0.2) is 0 Å². The summed E-state index contributed by atoms with van der Waals surface area (Å²) in [6, 6.07) is 13.8. The van der Waals surface area contributed by atoms with Gasteiger partial charge in [-0.1, -0.05) is 30.3 Å². The Morgan fingerprint density at radius 1 is 1.12 bits per heavy atom. The minimum absolute atomic E-state index is 0.0941. The summed E-state index contributed by atoms with van der Waals surface area (Å²) >= 11 is 0. The Hall–Kier alpha value is -2.38. The highest BCUT2D eigenvalue weighted by Gasteiger charge is 2.27. The Labute approximate surface area is 141 Å². The highest BCUT2D eigenvalue weighted by Crippen LogP contribution is 2.13. The van der Waals surface area contributed by atoms with Crippen molar-refractivity contribution < 1.29 is 17.9 Å². The van der Waals surface area contributed by atoms with E-state index in [1.807, 2.05) is 0 Å². The topological polar surface area (TPSA) is 98.5 Å². The highest BCUT2D eigenvalue weighted by atomic mass is 32.2. The molecule has 0 fully saturated rings. The molecule has 0 heterocycles. The molecule has 3 N–H and O–H groups in total. The molecule has 2 rings (SSSR count). The summed E-state index contributed by atoms with van der Waals surface area (Å²) < 4.78 is 32.3. The molecule has 128 valence electrons. The minimum atomic E-state index is -3.83. The van der Waals surface area contributed by atoms with E-state index in [1.54, 1.807) is 49.4 Å². The lowest BCUT2D eigenvalue weighted by Gasteiger charge is -2.17. The summed E-state index contributed by atoms with van der Waals surface area (Å²) in [5.74, 6) is -0.617. The number of hydrogen-bond donors (Lipinski definition) is 2. The zero-order chi connectivity index (χ0) is 17.6. The summed E-state index contributed by atoms with van der Waals surface area (Å²) in [6.07, 6.45) is 0.172. The third-order valence-corrected chi connectivity index (χ3v) is 4.83. The van der Waals surface area contributed by atoms with Gasteiger partial charge in [0.25, 0.3) is 0 Å². The number of sulfonamides is 1. The Balaban J connectivity index is 2.23. The zero-order valence-corrected chi connectivity index (χ0v) is 14.1. The van der Waals surface area contributed by atoms with Crippen LogP contribution in [-0.4, -0.2) is 27.0 Å². The first-order valence-corrected chi connectivity index (χ1v) is 8.99. The van der Waals surface area contributed by atoms with Crippen molar-refractivity contribution in [2.75, 3.05) is 12.3 Å². The largest absolute Gasteiger partial charge is 0.465 e. The molecular formula is C17H20N2O4S. The van der Waals surface area contributed by atoms with E-state index in [2.05, 4.69) is 4.72 Å². The first kappa shape index (κ1) is 18.0. The number of esters is 1. The van der Waals surface area contributed by atoms with E-state index >= 15 is 0 Å². The maximum Gasteiger partial charge on any atom is 0.324 e. The summed E-state index contributed by atoms with van der Waals surface area (Å²) in [5, 5.41) is 0. The first-order valence-electron chi connectivity index (χ1n) is 7.51. The number of benzene rings is 2. The van der Waals surface area contributed by atoms with E-state index in [1.165, 1.54) is 12.1 Å². The molecule has 0 aliphatic carbocycles. The molecule has 2 aromatic carbocycles. The fourth-order valence-electron chi connectivity index (χ4n) is 2.16. The summed E-state index contributed by atoms with van der Waals surface area (Å²) in [6.45, 7) is 1.84. The smallest absolute Gasteiger partial charge is 0.324 e. The van der Waals surface area contributed by atoms with Crippen LogP contribution in [0.1, 0.15) is 12.5 Å². The number of hydrogen-bond acceptors (Lipinski definition) is 5. The molecule has 0 saturated heterocycles. The van der Waals surface area contributed by atoms with E-state index in [4.69, 9.17) is 10.5 Å². The Kier molecular flexibility index (Phi) is 5.94. The Morgan fingerprint density at radius 3 is 2.33 bits per heavy atom. The zero-order valence-electron chi connectivity index (χ0n) is 13.3. The molecule has 1 atom stereocenters. The van der Waals surface area contributed by atoms with Crippen LogP contribution in [0.15, 0.2) is 59.5 Å². The lowest BCUT2D eigenvalue weighted by molar-refractivity contribution is -0.145. The lowest BCUT2D eigenvalue weighted by Crippen LogP contribution is -2.43. The number of nitrogens with two attached hydrogens (primary N) is 1. The molecule has 0 bridgehead atoms. The van der Waals surface area contributed by atoms with Crippen LogP contribution < -0.4 is 10.5 Å². The number of rotatable bonds is 7. The highest BCUT2D eigenvalue weighted by molar-refractivity contribution is 7.89. The van der Waals surface area contributed by atoms with Gasteiger partial charge in [-0.05, 0) is 43.2 Å². The molecule has 24 heavy (non-hydrogen) atoms. The van der Waals surface area contributed by atoms with Crippen LogP contribution >= 0.6 is 0 Å². The van der Waals surface area contributed by atoms with Crippen LogP contribution in [0.5, 0.6) is 0 Å². The van der Waals surface area contributed by atoms with Gasteiger partial charge in [0, 0.05) is 5.69 Å².